The number of aromatic hydroxyl groups is 13. The molecule has 0 saturated heterocycles. The highest BCUT2D eigenvalue weighted by Gasteiger charge is 2.48. The summed E-state index contributed by atoms with van der Waals surface area (Å²) in [7, 11) is 13.8. The molecule has 13 N–H and O–H groups in total. The predicted octanol–water partition coefficient (Wildman–Crippen LogP) is 8.66. The fourth-order valence-electron chi connectivity index (χ4n) is 8.61. The number of phenols is 13. The van der Waals surface area contributed by atoms with E-state index in [2.05, 4.69) is 23.7 Å². The van der Waals surface area contributed by atoms with E-state index in [1.54, 1.807) is 45.6 Å². The smallest absolute Gasteiger partial charge is 0.367 e. The van der Waals surface area contributed by atoms with Crippen LogP contribution in [0.2, 0.25) is 0 Å². The van der Waals surface area contributed by atoms with Crippen molar-refractivity contribution >= 4 is 68.2 Å². The standard InChI is InChI=1S/C9H9N3O9.C9H12O3.C8H10O3.2C7H5N3O9.C7H8O3.C6H3N3O9.C6H6O3/c1-19-7-4(10(13)14)8(20-2)6(12(17)18)9(21-3)5(7)11(15)16;1-10-7-4-8(11-2)6-9(5-7)12-3;1-10-7-3-6(9)4-8(5-7)11-2;2*1-19-7-3(9(15)16)5(11)2(8(13)14)6(12)4(7)10(17)18;1-10-7-3-5(8)2-6(9)4-7;10-4-1(7(13)14)5(11)3(9(17)18)6(12)2(4)8(15)16;7-4-1-5(8)3-6(9)2-4/h1-3H3;4-6H,1-3H3;3-5,9H,1-2H3;2*11-12H,1H3;2-4,8-9H,1H3;10-12H;1-3,7-9H. The lowest BCUT2D eigenvalue weighted by Gasteiger charge is -2.10. The molecule has 0 spiro atoms. The molecule has 60 heteroatoms. The minimum atomic E-state index is -1.68. The van der Waals surface area contributed by atoms with Gasteiger partial charge in [-0.2, -0.15) is 0 Å². The molecule has 8 rings (SSSR count). The van der Waals surface area contributed by atoms with Crippen LogP contribution in [0.5, 0.6) is 138 Å². The van der Waals surface area contributed by atoms with Crippen LogP contribution in [0.25, 0.3) is 0 Å². The average molecular weight is 1700 g/mol. The van der Waals surface area contributed by atoms with Crippen molar-refractivity contribution < 1.29 is 178 Å². The van der Waals surface area contributed by atoms with Gasteiger partial charge in [0.05, 0.1) is 137 Å². The minimum absolute atomic E-state index is 0.00292. The lowest BCUT2D eigenvalue weighted by Crippen LogP contribution is -2.07. The van der Waals surface area contributed by atoms with Gasteiger partial charge in [0, 0.05) is 72.8 Å². The second-order valence-electron chi connectivity index (χ2n) is 20.3. The molecule has 60 nitrogen and oxygen atoms in total. The summed E-state index contributed by atoms with van der Waals surface area (Å²) < 4.78 is 52.4. The molecule has 0 heterocycles. The maximum atomic E-state index is 11.1. The molecular weight excluding hydrogens is 1640 g/mol. The van der Waals surface area contributed by atoms with E-state index in [1.165, 1.54) is 51.7 Å². The second kappa shape index (κ2) is 44.0. The molecule has 0 saturated carbocycles. The monoisotopic (exact) mass is 1700 g/mol. The van der Waals surface area contributed by atoms with Crippen LogP contribution in [-0.4, -0.2) is 204 Å². The molecule has 0 aliphatic rings. The number of rotatable bonds is 23. The molecule has 0 atom stereocenters. The van der Waals surface area contributed by atoms with E-state index in [9.17, 15) is 157 Å². The molecule has 0 bridgehead atoms. The Morgan fingerprint density at radius 3 is 0.412 bits per heavy atom. The first kappa shape index (κ1) is 98.8. The van der Waals surface area contributed by atoms with Crippen LogP contribution in [0.15, 0.2) is 72.8 Å². The number of nitrogens with zero attached hydrogens (tertiary/aromatic N) is 12. The summed E-state index contributed by atoms with van der Waals surface area (Å²) in [5, 5.41) is 247. The van der Waals surface area contributed by atoms with E-state index >= 15 is 0 Å². The Kier molecular flexibility index (Phi) is 36.5. The molecule has 0 unspecified atom stereocenters. The Hall–Kier alpha value is -18.2. The topological polar surface area (TPSA) is 882 Å². The number of phenolic OH excluding ortho intramolecular Hbond substituents is 13. The van der Waals surface area contributed by atoms with Crippen molar-refractivity contribution in [1.82, 2.24) is 0 Å². The van der Waals surface area contributed by atoms with E-state index in [1.807, 2.05) is 0 Å². The first-order chi connectivity index (χ1) is 55.4. The number of hydrogen-bond donors (Lipinski definition) is 13. The van der Waals surface area contributed by atoms with Gasteiger partial charge in [0.15, 0.2) is 0 Å². The Bertz CT molecular complexity index is 4670. The van der Waals surface area contributed by atoms with Gasteiger partial charge in [0.25, 0.3) is 69.0 Å². The van der Waals surface area contributed by atoms with Crippen molar-refractivity contribution in [3.63, 3.8) is 0 Å². The predicted molar refractivity (Wildman–Crippen MR) is 385 cm³/mol. The molecule has 0 aliphatic carbocycles. The van der Waals surface area contributed by atoms with E-state index < -0.39 is 196 Å². The Labute approximate surface area is 654 Å². The van der Waals surface area contributed by atoms with Crippen LogP contribution in [0.4, 0.5) is 68.2 Å². The summed E-state index contributed by atoms with van der Waals surface area (Å²) in [6.45, 7) is 0. The second-order valence-corrected chi connectivity index (χ2v) is 20.3. The number of benzene rings is 8. The summed E-state index contributed by atoms with van der Waals surface area (Å²) in [5.41, 5.74) is -16.6. The molecule has 642 valence electrons. The van der Waals surface area contributed by atoms with E-state index in [0.717, 1.165) is 71.0 Å². The van der Waals surface area contributed by atoms with Crippen molar-refractivity contribution in [3.05, 3.63) is 194 Å². The van der Waals surface area contributed by atoms with E-state index in [0.29, 0.717) is 17.2 Å². The van der Waals surface area contributed by atoms with Gasteiger partial charge in [-0.15, -0.1) is 0 Å². The quantitative estimate of drug-likeness (QED) is 0.0210. The van der Waals surface area contributed by atoms with Gasteiger partial charge in [0.1, 0.15) is 69.0 Å². The zero-order valence-corrected chi connectivity index (χ0v) is 61.4. The highest BCUT2D eigenvalue weighted by Crippen LogP contribution is 2.59. The van der Waals surface area contributed by atoms with Crippen LogP contribution in [0, 0.1) is 121 Å². The van der Waals surface area contributed by atoms with Crippen molar-refractivity contribution in [2.45, 2.75) is 0 Å². The minimum Gasteiger partial charge on any atom is -0.508 e. The van der Waals surface area contributed by atoms with Crippen molar-refractivity contribution in [2.75, 3.05) is 78.2 Å². The molecule has 119 heavy (non-hydrogen) atoms. The largest absolute Gasteiger partial charge is 0.508 e. The zero-order valence-electron chi connectivity index (χ0n) is 61.4. The van der Waals surface area contributed by atoms with Gasteiger partial charge in [-0.25, -0.2) is 0 Å². The maximum Gasteiger partial charge on any atom is 0.367 e. The van der Waals surface area contributed by atoms with Crippen molar-refractivity contribution in [1.29, 1.82) is 0 Å². The molecule has 0 fully saturated rings. The third-order valence-corrected chi connectivity index (χ3v) is 13.4. The average Bonchev–Trinajstić information content (AvgIpc) is 0.764. The zero-order chi connectivity index (χ0) is 92.0. The Morgan fingerprint density at radius 2 is 0.277 bits per heavy atom. The number of hydrogen-bond acceptors (Lipinski definition) is 48. The molecule has 0 radical (unpaired) electrons. The molecule has 0 aromatic heterocycles. The van der Waals surface area contributed by atoms with E-state index in [-0.39, 0.29) is 34.5 Å². The number of nitro benzene ring substituents is 12. The maximum absolute atomic E-state index is 11.1. The van der Waals surface area contributed by atoms with Gasteiger partial charge < -0.3 is 118 Å². The van der Waals surface area contributed by atoms with Crippen LogP contribution in [0.3, 0.4) is 0 Å². The van der Waals surface area contributed by atoms with Crippen molar-refractivity contribution in [3.8, 4) is 138 Å². The van der Waals surface area contributed by atoms with Gasteiger partial charge >= 0.3 is 68.2 Å². The summed E-state index contributed by atoms with van der Waals surface area (Å²) in [6, 6.07) is 17.6. The van der Waals surface area contributed by atoms with Gasteiger partial charge in [-0.1, -0.05) is 0 Å². The van der Waals surface area contributed by atoms with Gasteiger partial charge in [-0.05, 0) is 0 Å². The third-order valence-electron chi connectivity index (χ3n) is 13.4. The Balaban J connectivity index is 0.000000690. The lowest BCUT2D eigenvalue weighted by molar-refractivity contribution is -0.407. The molecule has 8 aromatic rings. The first-order valence-corrected chi connectivity index (χ1v) is 29.6. The highest BCUT2D eigenvalue weighted by atomic mass is 16.7. The highest BCUT2D eigenvalue weighted by molar-refractivity contribution is 5.84. The fraction of sp³-hybridized carbons (Fsp3) is 0.186. The summed E-state index contributed by atoms with van der Waals surface area (Å²) >= 11 is 0. The summed E-state index contributed by atoms with van der Waals surface area (Å²) in [6.07, 6.45) is 0. The van der Waals surface area contributed by atoms with Crippen LogP contribution in [0.1, 0.15) is 0 Å². The lowest BCUT2D eigenvalue weighted by atomic mass is 10.1. The summed E-state index contributed by atoms with van der Waals surface area (Å²) in [5.74, 6) is -12.2. The SMILES string of the molecule is COc1c([N+](=O)[O-])c(O)c([N+](=O)[O-])c(O)c1[N+](=O)[O-].COc1c([N+](=O)[O-])c(O)c([N+](=O)[O-])c(O)c1[N+](=O)[O-].COc1c([N+](=O)[O-])c(OC)c([N+](=O)[O-])c(OC)c1[N+](=O)[O-].COc1cc(O)cc(O)c1.COc1cc(O)cc(OC)c1.COc1cc(OC)cc(OC)c1.O=[N+]([O-])c1c(O)c([N+](=O)[O-])c(O)c([N+](=O)[O-])c1O.Oc1cc(O)cc(O)c1. The molecule has 8 aromatic carbocycles. The first-order valence-electron chi connectivity index (χ1n) is 29.6. The number of nitro groups is 12. The van der Waals surface area contributed by atoms with Crippen LogP contribution < -0.4 is 52.1 Å². The van der Waals surface area contributed by atoms with Gasteiger partial charge in [0.2, 0.25) is 0 Å². The Morgan fingerprint density at radius 1 is 0.168 bits per heavy atom. The number of methoxy groups -OCH3 is 11. The van der Waals surface area contributed by atoms with E-state index in [4.69, 9.17) is 59.1 Å². The van der Waals surface area contributed by atoms with Crippen LogP contribution >= 0.6 is 0 Å². The fourth-order valence-corrected chi connectivity index (χ4v) is 8.61. The number of ether oxygens (including phenoxy) is 11. The van der Waals surface area contributed by atoms with Crippen molar-refractivity contribution in [2.24, 2.45) is 0 Å². The normalized spacial score (nSPS) is 9.71. The third kappa shape index (κ3) is 24.9. The van der Waals surface area contributed by atoms with Crippen LogP contribution in [-0.2, 0) is 0 Å². The summed E-state index contributed by atoms with van der Waals surface area (Å²) in [4.78, 5) is 113. The molecule has 0 aliphatic heterocycles. The molecular formula is C59H58N12O48. The molecule has 0 amide bonds. The van der Waals surface area contributed by atoms with Gasteiger partial charge in [-0.3, -0.25) is 121 Å².